The molecule has 0 aliphatic carbocycles. The van der Waals surface area contributed by atoms with Crippen LogP contribution in [0.25, 0.3) is 16.7 Å². The molecule has 9 heteroatoms. The van der Waals surface area contributed by atoms with Crippen LogP contribution in [0, 0.1) is 12.7 Å². The summed E-state index contributed by atoms with van der Waals surface area (Å²) in [5.41, 5.74) is 2.79. The molecular formula is C27H28ClFN6O. The Labute approximate surface area is 214 Å². The quantitative estimate of drug-likeness (QED) is 0.358. The number of aromatic nitrogens is 4. The first-order chi connectivity index (χ1) is 17.5. The van der Waals surface area contributed by atoms with Crippen molar-refractivity contribution < 1.29 is 9.18 Å². The van der Waals surface area contributed by atoms with Crippen molar-refractivity contribution in [3.63, 3.8) is 0 Å². The van der Waals surface area contributed by atoms with E-state index in [0.717, 1.165) is 47.7 Å². The molecule has 0 spiro atoms. The van der Waals surface area contributed by atoms with E-state index < -0.39 is 0 Å². The number of unbranched alkanes of at least 4 members (excludes halogenated alkanes) is 1. The number of fused-ring (bicyclic) bond motifs is 1. The van der Waals surface area contributed by atoms with Crippen LogP contribution in [0.3, 0.4) is 0 Å². The number of aryl methyl sites for hydroxylation is 2. The fourth-order valence-electron chi connectivity index (χ4n) is 4.57. The van der Waals surface area contributed by atoms with Crippen molar-refractivity contribution in [1.82, 2.24) is 24.6 Å². The predicted octanol–water partition coefficient (Wildman–Crippen LogP) is 5.22. The zero-order chi connectivity index (χ0) is 25.2. The molecule has 3 heterocycles. The summed E-state index contributed by atoms with van der Waals surface area (Å²) < 4.78 is 15.3. The van der Waals surface area contributed by atoms with Crippen molar-refractivity contribution in [3.8, 4) is 5.69 Å². The number of hydrogen-bond acceptors (Lipinski definition) is 5. The maximum atomic E-state index is 13.6. The summed E-state index contributed by atoms with van der Waals surface area (Å²) in [6, 6.07) is 13.4. The lowest BCUT2D eigenvalue weighted by molar-refractivity contribution is 0.0746. The van der Waals surface area contributed by atoms with E-state index in [1.807, 2.05) is 24.0 Å². The number of halogens is 2. The fourth-order valence-corrected chi connectivity index (χ4v) is 4.79. The molecule has 0 atom stereocenters. The maximum absolute atomic E-state index is 13.6. The second kappa shape index (κ2) is 10.2. The number of amides is 1. The van der Waals surface area contributed by atoms with Gasteiger partial charge in [0.25, 0.3) is 5.91 Å². The first-order valence-corrected chi connectivity index (χ1v) is 12.6. The van der Waals surface area contributed by atoms with Gasteiger partial charge in [-0.25, -0.2) is 19.0 Å². The smallest absolute Gasteiger partial charge is 0.255 e. The van der Waals surface area contributed by atoms with Gasteiger partial charge in [-0.05, 0) is 49.7 Å². The maximum Gasteiger partial charge on any atom is 0.255 e. The van der Waals surface area contributed by atoms with Gasteiger partial charge in [0.1, 0.15) is 17.5 Å². The van der Waals surface area contributed by atoms with Crippen LogP contribution >= 0.6 is 11.6 Å². The Morgan fingerprint density at radius 2 is 1.75 bits per heavy atom. The number of hydrogen-bond donors (Lipinski definition) is 0. The molecule has 2 aromatic heterocycles. The molecule has 0 radical (unpaired) electrons. The largest absolute Gasteiger partial charge is 0.352 e. The minimum Gasteiger partial charge on any atom is -0.352 e. The lowest BCUT2D eigenvalue weighted by Crippen LogP contribution is -2.49. The number of benzene rings is 2. The summed E-state index contributed by atoms with van der Waals surface area (Å²) in [4.78, 5) is 26.9. The van der Waals surface area contributed by atoms with Crippen molar-refractivity contribution in [2.45, 2.75) is 33.1 Å². The van der Waals surface area contributed by atoms with Gasteiger partial charge in [-0.15, -0.1) is 0 Å². The molecule has 0 saturated carbocycles. The van der Waals surface area contributed by atoms with Crippen LogP contribution in [0.4, 0.5) is 10.2 Å². The molecule has 36 heavy (non-hydrogen) atoms. The van der Waals surface area contributed by atoms with Crippen LogP contribution in [0.5, 0.6) is 0 Å². The number of rotatable bonds is 6. The van der Waals surface area contributed by atoms with Crippen LogP contribution in [-0.4, -0.2) is 56.7 Å². The molecule has 0 unspecified atom stereocenters. The van der Waals surface area contributed by atoms with Gasteiger partial charge < -0.3 is 9.80 Å². The monoisotopic (exact) mass is 506 g/mol. The van der Waals surface area contributed by atoms with Gasteiger partial charge in [0.15, 0.2) is 5.65 Å². The highest BCUT2D eigenvalue weighted by Crippen LogP contribution is 2.30. The molecule has 1 aliphatic rings. The van der Waals surface area contributed by atoms with E-state index in [2.05, 4.69) is 11.8 Å². The zero-order valence-electron chi connectivity index (χ0n) is 20.4. The Morgan fingerprint density at radius 3 is 2.44 bits per heavy atom. The van der Waals surface area contributed by atoms with Gasteiger partial charge in [-0.1, -0.05) is 37.1 Å². The van der Waals surface area contributed by atoms with E-state index in [9.17, 15) is 9.18 Å². The van der Waals surface area contributed by atoms with Crippen LogP contribution in [-0.2, 0) is 6.42 Å². The van der Waals surface area contributed by atoms with E-state index in [1.165, 1.54) is 12.1 Å². The number of carbonyl (C=O) groups excluding carboxylic acids is 1. The van der Waals surface area contributed by atoms with Gasteiger partial charge in [-0.3, -0.25) is 4.79 Å². The molecule has 186 valence electrons. The van der Waals surface area contributed by atoms with Crippen LogP contribution in [0.15, 0.2) is 48.5 Å². The molecular weight excluding hydrogens is 479 g/mol. The Morgan fingerprint density at radius 1 is 1.03 bits per heavy atom. The van der Waals surface area contributed by atoms with Gasteiger partial charge in [-0.2, -0.15) is 5.10 Å². The minimum atomic E-state index is -0.296. The number of anilines is 1. The van der Waals surface area contributed by atoms with Gasteiger partial charge in [0, 0.05) is 32.6 Å². The van der Waals surface area contributed by atoms with E-state index >= 15 is 0 Å². The summed E-state index contributed by atoms with van der Waals surface area (Å²) in [5, 5.41) is 6.09. The highest BCUT2D eigenvalue weighted by molar-refractivity contribution is 6.33. The highest BCUT2D eigenvalue weighted by atomic mass is 35.5. The molecule has 1 saturated heterocycles. The van der Waals surface area contributed by atoms with Crippen molar-refractivity contribution in [2.75, 3.05) is 31.1 Å². The molecule has 0 N–H and O–H groups in total. The fraction of sp³-hybridized carbons (Fsp3) is 0.333. The Hall–Kier alpha value is -3.52. The third-order valence-corrected chi connectivity index (χ3v) is 6.85. The van der Waals surface area contributed by atoms with E-state index in [4.69, 9.17) is 26.7 Å². The Balaban J connectivity index is 1.48. The van der Waals surface area contributed by atoms with Gasteiger partial charge >= 0.3 is 0 Å². The van der Waals surface area contributed by atoms with Crippen molar-refractivity contribution in [2.24, 2.45) is 0 Å². The summed E-state index contributed by atoms with van der Waals surface area (Å²) in [7, 11) is 0. The van der Waals surface area contributed by atoms with Crippen molar-refractivity contribution in [1.29, 1.82) is 0 Å². The second-order valence-electron chi connectivity index (χ2n) is 9.00. The molecule has 1 amide bonds. The Kier molecular flexibility index (Phi) is 6.87. The molecule has 1 aliphatic heterocycles. The van der Waals surface area contributed by atoms with Crippen molar-refractivity contribution >= 4 is 34.4 Å². The lowest BCUT2D eigenvalue weighted by Gasteiger charge is -2.36. The summed E-state index contributed by atoms with van der Waals surface area (Å²) in [6.07, 6.45) is 2.78. The lowest BCUT2D eigenvalue weighted by atomic mass is 10.1. The normalized spacial score (nSPS) is 14.0. The van der Waals surface area contributed by atoms with E-state index in [1.54, 1.807) is 28.9 Å². The Bertz CT molecular complexity index is 1400. The topological polar surface area (TPSA) is 67.2 Å². The SMILES string of the molecule is CCCCc1nc(N2CCN(C(=O)c3ccccc3Cl)CC2)c2c(C)nn(-c3ccc(F)cc3)c2n1. The zero-order valence-corrected chi connectivity index (χ0v) is 21.2. The summed E-state index contributed by atoms with van der Waals surface area (Å²) in [6.45, 7) is 6.48. The first kappa shape index (κ1) is 24.2. The highest BCUT2D eigenvalue weighted by Gasteiger charge is 2.27. The molecule has 1 fully saturated rings. The minimum absolute atomic E-state index is 0.0583. The second-order valence-corrected chi connectivity index (χ2v) is 9.41. The molecule has 0 bridgehead atoms. The predicted molar refractivity (Wildman–Crippen MR) is 140 cm³/mol. The van der Waals surface area contributed by atoms with Crippen molar-refractivity contribution in [3.05, 3.63) is 76.5 Å². The van der Waals surface area contributed by atoms with E-state index in [-0.39, 0.29) is 11.7 Å². The summed E-state index contributed by atoms with van der Waals surface area (Å²) >= 11 is 6.26. The first-order valence-electron chi connectivity index (χ1n) is 12.3. The van der Waals surface area contributed by atoms with Crippen LogP contribution in [0.1, 0.15) is 41.6 Å². The van der Waals surface area contributed by atoms with Crippen LogP contribution in [0.2, 0.25) is 5.02 Å². The third kappa shape index (κ3) is 4.65. The number of piperazine rings is 1. The molecule has 7 nitrogen and oxygen atoms in total. The summed E-state index contributed by atoms with van der Waals surface area (Å²) in [5.74, 6) is 1.24. The average Bonchev–Trinajstić information content (AvgIpc) is 3.23. The molecule has 4 aromatic rings. The number of carbonyl (C=O) groups is 1. The molecule has 5 rings (SSSR count). The standard InChI is InChI=1S/C27H28ClFN6O/c1-3-4-9-23-30-25(24-18(2)32-35(26(24)31-23)20-12-10-19(29)11-13-20)33-14-16-34(17-15-33)27(36)21-7-5-6-8-22(21)28/h5-8,10-13H,3-4,9,14-17H2,1-2H3. The number of nitrogens with zero attached hydrogens (tertiary/aromatic N) is 6. The third-order valence-electron chi connectivity index (χ3n) is 6.53. The van der Waals surface area contributed by atoms with Crippen LogP contribution < -0.4 is 4.90 Å². The molecule has 2 aromatic carbocycles. The van der Waals surface area contributed by atoms with Gasteiger partial charge in [0.2, 0.25) is 0 Å². The average molecular weight is 507 g/mol. The van der Waals surface area contributed by atoms with E-state index in [0.29, 0.717) is 42.4 Å². The van der Waals surface area contributed by atoms with Gasteiger partial charge in [0.05, 0.1) is 27.4 Å².